The number of Topliss-reactive ketones (excluding diaryl/α,β-unsaturated/α-hetero) is 1. The first kappa shape index (κ1) is 27.2. The van der Waals surface area contributed by atoms with Crippen molar-refractivity contribution in [3.05, 3.63) is 71.0 Å². The second-order valence-corrected chi connectivity index (χ2v) is 11.0. The molecule has 1 unspecified atom stereocenters. The predicted molar refractivity (Wildman–Crippen MR) is 151 cm³/mol. The lowest BCUT2D eigenvalue weighted by atomic mass is 9.76. The van der Waals surface area contributed by atoms with Crippen LogP contribution in [0.2, 0.25) is 0 Å². The molecule has 0 bridgehead atoms. The number of nitrogens with one attached hydrogen (secondary N) is 1. The molecule has 1 aliphatic carbocycles. The largest absolute Gasteiger partial charge is 0.497 e. The zero-order chi connectivity index (χ0) is 28.2. The van der Waals surface area contributed by atoms with E-state index < -0.39 is 5.92 Å². The van der Waals surface area contributed by atoms with Gasteiger partial charge in [0.05, 0.1) is 43.2 Å². The predicted octanol–water partition coefficient (Wildman–Crippen LogP) is 3.99. The van der Waals surface area contributed by atoms with Crippen LogP contribution in [0.5, 0.6) is 11.5 Å². The van der Waals surface area contributed by atoms with Gasteiger partial charge in [0.2, 0.25) is 11.0 Å². The summed E-state index contributed by atoms with van der Waals surface area (Å²) in [5.74, 6) is 0.496. The quantitative estimate of drug-likeness (QED) is 0.374. The van der Waals surface area contributed by atoms with Gasteiger partial charge in [0.25, 0.3) is 0 Å². The fourth-order valence-corrected chi connectivity index (χ4v) is 6.44. The number of pyridine rings is 1. The number of nitrogens with two attached hydrogens (primary N) is 1. The first-order valence-corrected chi connectivity index (χ1v) is 14.1. The number of methoxy groups -OCH3 is 2. The Balaban J connectivity index is 1.39. The molecule has 13 heteroatoms. The lowest BCUT2D eigenvalue weighted by Crippen LogP contribution is -2.38. The average Bonchev–Trinajstić information content (AvgIpc) is 3.44. The van der Waals surface area contributed by atoms with Crippen LogP contribution in [0.1, 0.15) is 30.7 Å². The Morgan fingerprint density at radius 1 is 1.27 bits per heavy atom. The Morgan fingerprint density at radius 3 is 2.85 bits per heavy atom. The number of carbonyl (C=O) groups is 2. The summed E-state index contributed by atoms with van der Waals surface area (Å²) in [4.78, 5) is 31.7. The van der Waals surface area contributed by atoms with Crippen molar-refractivity contribution in [2.75, 3.05) is 30.2 Å². The molecule has 1 amide bonds. The molecule has 11 nitrogen and oxygen atoms in total. The molecular weight excluding hydrogens is 550 g/mol. The van der Waals surface area contributed by atoms with Crippen LogP contribution in [-0.4, -0.2) is 46.8 Å². The Labute approximate surface area is 238 Å². The van der Waals surface area contributed by atoms with Crippen molar-refractivity contribution in [3.63, 3.8) is 0 Å². The normalized spacial score (nSPS) is 16.9. The number of benzene rings is 1. The number of ketones is 1. The molecular formula is C27H25N7O4S2. The summed E-state index contributed by atoms with van der Waals surface area (Å²) in [5.41, 5.74) is 9.33. The highest BCUT2D eigenvalue weighted by Gasteiger charge is 2.41. The second kappa shape index (κ2) is 11.8. The van der Waals surface area contributed by atoms with Crippen molar-refractivity contribution in [2.24, 2.45) is 5.73 Å². The molecule has 3 N–H and O–H groups in total. The Kier molecular flexibility index (Phi) is 7.99. The van der Waals surface area contributed by atoms with Crippen LogP contribution in [0.3, 0.4) is 0 Å². The highest BCUT2D eigenvalue weighted by molar-refractivity contribution is 8.01. The van der Waals surface area contributed by atoms with E-state index in [2.05, 4.69) is 26.6 Å². The molecule has 204 valence electrons. The maximum Gasteiger partial charge on any atom is 0.234 e. The van der Waals surface area contributed by atoms with Crippen LogP contribution < -0.4 is 25.4 Å². The number of ether oxygens (including phenoxy) is 2. The van der Waals surface area contributed by atoms with Crippen LogP contribution in [0.25, 0.3) is 0 Å². The molecule has 3 aromatic rings. The van der Waals surface area contributed by atoms with Gasteiger partial charge in [-0.05, 0) is 36.6 Å². The van der Waals surface area contributed by atoms with E-state index in [4.69, 9.17) is 15.2 Å². The second-order valence-electron chi connectivity index (χ2n) is 8.86. The number of rotatable bonds is 8. The van der Waals surface area contributed by atoms with E-state index in [1.807, 2.05) is 6.07 Å². The number of aromatic nitrogens is 3. The van der Waals surface area contributed by atoms with Gasteiger partial charge in [-0.15, -0.1) is 10.2 Å². The Bertz CT molecular complexity index is 1560. The van der Waals surface area contributed by atoms with Crippen LogP contribution in [0, 0.1) is 11.3 Å². The summed E-state index contributed by atoms with van der Waals surface area (Å²) in [5, 5.41) is 21.9. The van der Waals surface area contributed by atoms with E-state index in [1.165, 1.54) is 30.2 Å². The number of carbonyl (C=O) groups excluding carboxylic acids is 2. The number of hydrogen-bond acceptors (Lipinski definition) is 12. The van der Waals surface area contributed by atoms with Gasteiger partial charge in [-0.2, -0.15) is 5.26 Å². The van der Waals surface area contributed by atoms with E-state index in [0.29, 0.717) is 51.5 Å². The maximum absolute atomic E-state index is 13.2. The van der Waals surface area contributed by atoms with Crippen molar-refractivity contribution >= 4 is 45.6 Å². The minimum Gasteiger partial charge on any atom is -0.497 e. The van der Waals surface area contributed by atoms with Crippen LogP contribution >= 0.6 is 23.1 Å². The number of allylic oxidation sites excluding steroid dienone is 3. The third-order valence-electron chi connectivity index (χ3n) is 6.53. The number of amides is 1. The molecule has 0 fully saturated rings. The van der Waals surface area contributed by atoms with E-state index >= 15 is 0 Å². The first-order chi connectivity index (χ1) is 19.4. The van der Waals surface area contributed by atoms with Crippen molar-refractivity contribution < 1.29 is 19.1 Å². The van der Waals surface area contributed by atoms with Gasteiger partial charge in [0.15, 0.2) is 10.1 Å². The number of anilines is 2. The summed E-state index contributed by atoms with van der Waals surface area (Å²) in [6.07, 6.45) is 4.96. The minimum atomic E-state index is -0.586. The number of thioether (sulfide) groups is 1. The average molecular weight is 576 g/mol. The van der Waals surface area contributed by atoms with E-state index in [0.717, 1.165) is 11.3 Å². The monoisotopic (exact) mass is 575 g/mol. The zero-order valence-electron chi connectivity index (χ0n) is 21.7. The summed E-state index contributed by atoms with van der Waals surface area (Å²) in [6, 6.07) is 11.0. The third kappa shape index (κ3) is 5.23. The number of nitrogens with zero attached hydrogens (tertiary/aromatic N) is 5. The molecule has 0 saturated carbocycles. The van der Waals surface area contributed by atoms with Gasteiger partial charge >= 0.3 is 0 Å². The van der Waals surface area contributed by atoms with Gasteiger partial charge in [0.1, 0.15) is 17.3 Å². The van der Waals surface area contributed by atoms with Crippen LogP contribution in [0.4, 0.5) is 10.8 Å². The lowest BCUT2D eigenvalue weighted by molar-refractivity contribution is -0.116. The molecule has 2 aromatic heterocycles. The summed E-state index contributed by atoms with van der Waals surface area (Å²) >= 11 is 2.44. The summed E-state index contributed by atoms with van der Waals surface area (Å²) in [6.45, 7) is 0. The first-order valence-electron chi connectivity index (χ1n) is 12.3. The molecule has 2 aliphatic rings. The number of nitriles is 1. The van der Waals surface area contributed by atoms with Crippen LogP contribution in [-0.2, 0) is 9.59 Å². The van der Waals surface area contributed by atoms with E-state index in [9.17, 15) is 14.9 Å². The van der Waals surface area contributed by atoms with Crippen molar-refractivity contribution in [1.82, 2.24) is 15.2 Å². The van der Waals surface area contributed by atoms with Crippen molar-refractivity contribution in [2.45, 2.75) is 29.5 Å². The topological polar surface area (TPSA) is 156 Å². The van der Waals surface area contributed by atoms with Gasteiger partial charge in [-0.3, -0.25) is 19.5 Å². The summed E-state index contributed by atoms with van der Waals surface area (Å²) in [7, 11) is 3.06. The third-order valence-corrected chi connectivity index (χ3v) is 8.57. The molecule has 1 aromatic carbocycles. The Morgan fingerprint density at radius 2 is 2.12 bits per heavy atom. The molecule has 1 aliphatic heterocycles. The zero-order valence-corrected chi connectivity index (χ0v) is 23.3. The Hall–Kier alpha value is -4.41. The van der Waals surface area contributed by atoms with Gasteiger partial charge in [-0.25, -0.2) is 0 Å². The fourth-order valence-electron chi connectivity index (χ4n) is 4.76. The fraction of sp³-hybridized carbons (Fsp3) is 0.259. The maximum atomic E-state index is 13.2. The molecule has 0 saturated heterocycles. The van der Waals surface area contributed by atoms with E-state index in [-0.39, 0.29) is 28.8 Å². The highest BCUT2D eigenvalue weighted by Crippen LogP contribution is 2.47. The van der Waals surface area contributed by atoms with Gasteiger partial charge in [-0.1, -0.05) is 29.2 Å². The number of hydrogen-bond donors (Lipinski definition) is 2. The van der Waals surface area contributed by atoms with Gasteiger partial charge < -0.3 is 20.5 Å². The SMILES string of the molecule is COc1ccc(OC)c(NC(=O)CSc2nnc(N3C(N)=C(C#N)C(c4cccnc4)C4=C3CCCC4=O)s2)c1. The smallest absolute Gasteiger partial charge is 0.234 e. The standard InChI is InChI=1S/C27H25N7O4S2/c1-37-16-8-9-21(38-2)18(11-16)31-22(36)14-39-27-33-32-26(40-27)34-19-6-3-7-20(35)24(19)23(17(12-28)25(34)29)15-5-4-10-30-13-15/h4-5,8-11,13,23H,3,6-7,14,29H2,1-2H3,(H,31,36). The molecule has 3 heterocycles. The molecule has 0 spiro atoms. The molecule has 0 radical (unpaired) electrons. The van der Waals surface area contributed by atoms with Crippen molar-refractivity contribution in [1.29, 1.82) is 5.26 Å². The molecule has 40 heavy (non-hydrogen) atoms. The van der Waals surface area contributed by atoms with Crippen LogP contribution in [0.15, 0.2) is 69.7 Å². The van der Waals surface area contributed by atoms with E-state index in [1.54, 1.807) is 48.7 Å². The summed E-state index contributed by atoms with van der Waals surface area (Å²) < 4.78 is 11.1. The van der Waals surface area contributed by atoms with Crippen molar-refractivity contribution in [3.8, 4) is 17.6 Å². The minimum absolute atomic E-state index is 0.0240. The molecule has 1 atom stereocenters. The lowest BCUT2D eigenvalue weighted by Gasteiger charge is -2.37. The van der Waals surface area contributed by atoms with Gasteiger partial charge in [0, 0.05) is 36.2 Å². The molecule has 5 rings (SSSR count). The highest BCUT2D eigenvalue weighted by atomic mass is 32.2.